The van der Waals surface area contributed by atoms with Gasteiger partial charge in [0.1, 0.15) is 16.3 Å². The van der Waals surface area contributed by atoms with E-state index in [-0.39, 0.29) is 28.5 Å². The van der Waals surface area contributed by atoms with Crippen LogP contribution in [0.2, 0.25) is 0 Å². The van der Waals surface area contributed by atoms with Crippen molar-refractivity contribution in [3.8, 4) is 5.88 Å². The van der Waals surface area contributed by atoms with E-state index in [1.54, 1.807) is 0 Å². The summed E-state index contributed by atoms with van der Waals surface area (Å²) >= 11 is 0.860. The van der Waals surface area contributed by atoms with Crippen LogP contribution in [0.4, 0.5) is 32.0 Å². The van der Waals surface area contributed by atoms with Crippen LogP contribution < -0.4 is 21.1 Å². The molecule has 2 aromatic rings. The average Bonchev–Trinajstić information content (AvgIpc) is 2.81. The Hall–Kier alpha value is -3.56. The summed E-state index contributed by atoms with van der Waals surface area (Å²) < 4.78 is 80.0. The zero-order chi connectivity index (χ0) is 28.3. The van der Waals surface area contributed by atoms with Crippen LogP contribution in [0.1, 0.15) is 36.3 Å². The summed E-state index contributed by atoms with van der Waals surface area (Å²) in [7, 11) is 0. The first-order valence-electron chi connectivity index (χ1n) is 10.8. The van der Waals surface area contributed by atoms with Crippen molar-refractivity contribution < 1.29 is 40.7 Å². The highest BCUT2D eigenvalue weighted by atomic mass is 32.2. The van der Waals surface area contributed by atoms with Crippen molar-refractivity contribution in [3.63, 3.8) is 0 Å². The summed E-state index contributed by atoms with van der Waals surface area (Å²) in [5, 5.41) is 4.55. The monoisotopic (exact) mass is 564 g/mol. The van der Waals surface area contributed by atoms with Gasteiger partial charge >= 0.3 is 6.18 Å². The van der Waals surface area contributed by atoms with Gasteiger partial charge in [-0.05, 0) is 32.0 Å². The first-order valence-corrected chi connectivity index (χ1v) is 11.7. The topological polar surface area (TPSA) is 132 Å². The molecule has 0 spiro atoms. The highest BCUT2D eigenvalue weighted by Gasteiger charge is 2.47. The Morgan fingerprint density at radius 3 is 2.53 bits per heavy atom. The fourth-order valence-corrected chi connectivity index (χ4v) is 4.97. The first kappa shape index (κ1) is 29.0. The predicted molar refractivity (Wildman–Crippen MR) is 127 cm³/mol. The van der Waals surface area contributed by atoms with Gasteiger partial charge in [-0.1, -0.05) is 11.8 Å². The molecular formula is C22H22F6N6O3S. The molecule has 0 bridgehead atoms. The minimum absolute atomic E-state index is 0.0339. The van der Waals surface area contributed by atoms with Crippen molar-refractivity contribution in [2.75, 3.05) is 18.5 Å². The molecule has 206 valence electrons. The number of ether oxygens (including phenoxy) is 1. The molecular weight excluding hydrogens is 542 g/mol. The number of nitrogens with one attached hydrogen (secondary N) is 2. The Morgan fingerprint density at radius 1 is 1.21 bits per heavy atom. The number of aromatic nitrogens is 2. The van der Waals surface area contributed by atoms with Crippen LogP contribution in [0.25, 0.3) is 0 Å². The average molecular weight is 565 g/mol. The second-order valence-corrected chi connectivity index (χ2v) is 10.2. The lowest BCUT2D eigenvalue weighted by atomic mass is 9.82. The lowest BCUT2D eigenvalue weighted by molar-refractivity contribution is -0.154. The van der Waals surface area contributed by atoms with Crippen LogP contribution in [0.3, 0.4) is 0 Å². The molecule has 2 atom stereocenters. The molecule has 0 aliphatic carbocycles. The predicted octanol–water partition coefficient (Wildman–Crippen LogP) is 3.62. The number of carbonyl (C=O) groups is 2. The molecule has 3 rings (SSSR count). The number of carbonyl (C=O) groups excluding carboxylic acids is 2. The second-order valence-electron chi connectivity index (χ2n) is 8.63. The minimum Gasteiger partial charge on any atom is -0.467 e. The molecule has 0 unspecified atom stereocenters. The number of hydrogen-bond donors (Lipinski definition) is 3. The van der Waals surface area contributed by atoms with Gasteiger partial charge in [0.15, 0.2) is 11.8 Å². The number of halogens is 6. The molecule has 1 aliphatic heterocycles. The summed E-state index contributed by atoms with van der Waals surface area (Å²) in [4.78, 5) is 36.8. The van der Waals surface area contributed by atoms with E-state index < -0.39 is 59.6 Å². The maximum absolute atomic E-state index is 14.9. The van der Waals surface area contributed by atoms with Gasteiger partial charge < -0.3 is 21.1 Å². The van der Waals surface area contributed by atoms with Crippen LogP contribution >= 0.6 is 11.8 Å². The van der Waals surface area contributed by atoms with E-state index in [9.17, 15) is 35.9 Å². The van der Waals surface area contributed by atoms with Crippen molar-refractivity contribution in [2.24, 2.45) is 10.7 Å². The van der Waals surface area contributed by atoms with E-state index in [1.165, 1.54) is 26.0 Å². The van der Waals surface area contributed by atoms with Gasteiger partial charge in [-0.2, -0.15) is 13.2 Å². The zero-order valence-electron chi connectivity index (χ0n) is 19.9. The van der Waals surface area contributed by atoms with E-state index in [0.29, 0.717) is 0 Å². The number of aliphatic imine (C=N–C) groups is 1. The van der Waals surface area contributed by atoms with E-state index >= 15 is 0 Å². The third-order valence-corrected chi connectivity index (χ3v) is 6.40. The molecule has 1 aromatic heterocycles. The van der Waals surface area contributed by atoms with Gasteiger partial charge in [0.2, 0.25) is 11.8 Å². The quantitative estimate of drug-likeness (QED) is 0.418. The van der Waals surface area contributed by atoms with Crippen molar-refractivity contribution >= 4 is 34.4 Å². The lowest BCUT2D eigenvalue weighted by Gasteiger charge is -2.40. The molecule has 38 heavy (non-hydrogen) atoms. The summed E-state index contributed by atoms with van der Waals surface area (Å²) in [6.07, 6.45) is -5.71. The molecule has 16 heteroatoms. The first-order chi connectivity index (χ1) is 17.6. The van der Waals surface area contributed by atoms with E-state index in [4.69, 9.17) is 5.73 Å². The fraction of sp³-hybridized carbons (Fsp3) is 0.409. The molecule has 2 heterocycles. The summed E-state index contributed by atoms with van der Waals surface area (Å²) in [6.45, 7) is 0.537. The molecule has 1 aliphatic rings. The smallest absolute Gasteiger partial charge is 0.422 e. The second kappa shape index (κ2) is 11.0. The third-order valence-electron chi connectivity index (χ3n) is 5.31. The van der Waals surface area contributed by atoms with Crippen LogP contribution in [-0.4, -0.2) is 57.5 Å². The molecule has 9 nitrogen and oxygen atoms in total. The molecule has 4 N–H and O–H groups in total. The number of nitrogens with zero attached hydrogens (tertiary/aromatic N) is 3. The fourth-order valence-electron chi connectivity index (χ4n) is 3.74. The maximum atomic E-state index is 14.9. The number of anilines is 1. The van der Waals surface area contributed by atoms with Gasteiger partial charge in [0.25, 0.3) is 12.3 Å². The number of amidine groups is 1. The largest absolute Gasteiger partial charge is 0.467 e. The number of amides is 2. The van der Waals surface area contributed by atoms with Gasteiger partial charge in [0.05, 0.1) is 24.5 Å². The molecule has 0 radical (unpaired) electrons. The van der Waals surface area contributed by atoms with Gasteiger partial charge in [0, 0.05) is 17.7 Å². The number of thioether (sulfide) groups is 1. The normalized spacial score (nSPS) is 21.6. The van der Waals surface area contributed by atoms with Crippen molar-refractivity contribution in [2.45, 2.75) is 43.2 Å². The Bertz CT molecular complexity index is 1230. The van der Waals surface area contributed by atoms with Crippen molar-refractivity contribution in [1.29, 1.82) is 0 Å². The maximum Gasteiger partial charge on any atom is 0.422 e. The number of nitrogens with two attached hydrogens (primary N) is 1. The van der Waals surface area contributed by atoms with Gasteiger partial charge in [-0.15, -0.1) is 0 Å². The van der Waals surface area contributed by atoms with Crippen LogP contribution in [-0.2, 0) is 10.3 Å². The Balaban J connectivity index is 1.80. The standard InChI is InChI=1S/C22H22F6N6O3S/c1-20(9-21(2,38-19(29)34-20)18(36)32-7-15(24)25)12-5-11(3-4-13(12)23)33-17(35)14-6-31-16(8-30-14)37-10-22(26,27)28/h3-6,8,15H,7,9-10H2,1-2H3,(H2,29,34)(H,32,36)(H,33,35)/t20-,21+/m0/s1. The molecule has 0 saturated carbocycles. The lowest BCUT2D eigenvalue weighted by Crippen LogP contribution is -2.51. The SMILES string of the molecule is C[C@]1(C(=O)NCC(F)F)C[C@@](C)(c2cc(NC(=O)c3cnc(OCC(F)(F)F)cn3)ccc2F)N=C(N)S1. The Labute approximate surface area is 216 Å². The number of hydrogen-bond acceptors (Lipinski definition) is 8. The highest BCUT2D eigenvalue weighted by Crippen LogP contribution is 2.46. The minimum atomic E-state index is -4.58. The number of rotatable bonds is 8. The zero-order valence-corrected chi connectivity index (χ0v) is 20.7. The molecule has 2 amide bonds. The van der Waals surface area contributed by atoms with Crippen LogP contribution in [0.15, 0.2) is 35.6 Å². The van der Waals surface area contributed by atoms with Crippen molar-refractivity contribution in [3.05, 3.63) is 47.7 Å². The number of benzene rings is 1. The third kappa shape index (κ3) is 7.26. The van der Waals surface area contributed by atoms with E-state index in [0.717, 1.165) is 30.2 Å². The van der Waals surface area contributed by atoms with Gasteiger partial charge in [-0.3, -0.25) is 14.6 Å². The molecule has 0 saturated heterocycles. The Kier molecular flexibility index (Phi) is 8.43. The number of alkyl halides is 5. The van der Waals surface area contributed by atoms with Crippen molar-refractivity contribution in [1.82, 2.24) is 15.3 Å². The Morgan fingerprint density at radius 2 is 1.92 bits per heavy atom. The molecule has 0 fully saturated rings. The van der Waals surface area contributed by atoms with E-state index in [2.05, 4.69) is 30.3 Å². The van der Waals surface area contributed by atoms with E-state index in [1.807, 2.05) is 0 Å². The highest BCUT2D eigenvalue weighted by molar-refractivity contribution is 8.15. The summed E-state index contributed by atoms with van der Waals surface area (Å²) in [6, 6.07) is 3.57. The van der Waals surface area contributed by atoms with Crippen LogP contribution in [0.5, 0.6) is 5.88 Å². The van der Waals surface area contributed by atoms with Gasteiger partial charge in [-0.25, -0.2) is 23.1 Å². The summed E-state index contributed by atoms with van der Waals surface area (Å²) in [5.74, 6) is -2.70. The van der Waals surface area contributed by atoms with Crippen LogP contribution in [0, 0.1) is 5.82 Å². The summed E-state index contributed by atoms with van der Waals surface area (Å²) in [5.41, 5.74) is 4.32. The molecule has 1 aromatic carbocycles.